The summed E-state index contributed by atoms with van der Waals surface area (Å²) in [4.78, 5) is 18.3. The van der Waals surface area contributed by atoms with E-state index in [0.29, 0.717) is 13.0 Å². The molecule has 5 heteroatoms. The zero-order valence-corrected chi connectivity index (χ0v) is 23.0. The van der Waals surface area contributed by atoms with Crippen molar-refractivity contribution in [2.24, 2.45) is 0 Å². The summed E-state index contributed by atoms with van der Waals surface area (Å²) in [6.07, 6.45) is 7.45. The molecule has 0 fully saturated rings. The molecule has 0 radical (unpaired) electrons. The quantitative estimate of drug-likeness (QED) is 0.340. The number of benzene rings is 3. The smallest absolute Gasteiger partial charge is 0.231 e. The molecule has 3 aromatic carbocycles. The van der Waals surface area contributed by atoms with Crippen LogP contribution in [0.5, 0.6) is 11.5 Å². The number of amides is 1. The summed E-state index contributed by atoms with van der Waals surface area (Å²) in [6.45, 7) is 6.16. The zero-order chi connectivity index (χ0) is 26.6. The Morgan fingerprint density at radius 1 is 0.789 bits per heavy atom. The first-order chi connectivity index (χ1) is 18.7. The Balaban J connectivity index is 1.57. The third-order valence-corrected chi connectivity index (χ3v) is 7.21. The highest BCUT2D eigenvalue weighted by Crippen LogP contribution is 2.26. The highest BCUT2D eigenvalue weighted by Gasteiger charge is 2.21. The number of anilines is 1. The number of carbonyl (C=O) groups is 1. The van der Waals surface area contributed by atoms with Crippen LogP contribution < -0.4 is 14.4 Å². The molecule has 202 valence electrons. The van der Waals surface area contributed by atoms with Crippen molar-refractivity contribution in [1.29, 1.82) is 0 Å². The lowest BCUT2D eigenvalue weighted by Crippen LogP contribution is -2.35. The Morgan fingerprint density at radius 2 is 1.53 bits per heavy atom. The molecule has 0 aromatic heterocycles. The molecule has 0 aliphatic carbocycles. The number of hydrogen-bond donors (Lipinski definition) is 0. The number of carbonyl (C=O) groups excluding carboxylic acids is 1. The maximum atomic E-state index is 13.7. The maximum Gasteiger partial charge on any atom is 0.231 e. The van der Waals surface area contributed by atoms with Crippen molar-refractivity contribution < 1.29 is 14.3 Å². The maximum absolute atomic E-state index is 13.7. The molecule has 0 atom stereocenters. The van der Waals surface area contributed by atoms with Gasteiger partial charge in [0.2, 0.25) is 5.91 Å². The van der Waals surface area contributed by atoms with Crippen LogP contribution in [0.2, 0.25) is 0 Å². The van der Waals surface area contributed by atoms with Gasteiger partial charge in [-0.25, -0.2) is 0 Å². The van der Waals surface area contributed by atoms with Crippen LogP contribution in [0.25, 0.3) is 0 Å². The van der Waals surface area contributed by atoms with Crippen molar-refractivity contribution in [3.05, 3.63) is 89.5 Å². The van der Waals surface area contributed by atoms with Crippen molar-refractivity contribution in [3.8, 4) is 11.5 Å². The summed E-state index contributed by atoms with van der Waals surface area (Å²) < 4.78 is 11.0. The number of methoxy groups -OCH3 is 1. The normalized spacial score (nSPS) is 15.5. The molecule has 1 amide bonds. The van der Waals surface area contributed by atoms with Crippen LogP contribution in [0, 0.1) is 0 Å². The van der Waals surface area contributed by atoms with Gasteiger partial charge in [-0.2, -0.15) is 0 Å². The number of nitrogens with zero attached hydrogens (tertiary/aromatic N) is 2. The predicted molar refractivity (Wildman–Crippen MR) is 155 cm³/mol. The molecule has 0 saturated heterocycles. The van der Waals surface area contributed by atoms with Gasteiger partial charge in [-0.1, -0.05) is 68.1 Å². The molecule has 0 bridgehead atoms. The second-order valence-corrected chi connectivity index (χ2v) is 10.1. The minimum atomic E-state index is 0.138. The van der Waals surface area contributed by atoms with Gasteiger partial charge in [-0.15, -0.1) is 0 Å². The molecule has 5 nitrogen and oxygen atoms in total. The fraction of sp³-hybridized carbons (Fsp3) is 0.424. The number of hydrogen-bond acceptors (Lipinski definition) is 4. The van der Waals surface area contributed by atoms with Crippen molar-refractivity contribution >= 4 is 11.6 Å². The molecule has 3 aromatic rings. The van der Waals surface area contributed by atoms with Gasteiger partial charge in [0.15, 0.2) is 0 Å². The van der Waals surface area contributed by atoms with Gasteiger partial charge in [0, 0.05) is 25.3 Å². The van der Waals surface area contributed by atoms with Gasteiger partial charge < -0.3 is 14.4 Å². The summed E-state index contributed by atoms with van der Waals surface area (Å²) in [5.74, 6) is 1.83. The summed E-state index contributed by atoms with van der Waals surface area (Å²) in [5.41, 5.74) is 4.50. The number of rotatable bonds is 7. The first-order valence-electron chi connectivity index (χ1n) is 14.1. The van der Waals surface area contributed by atoms with E-state index in [9.17, 15) is 4.79 Å². The Kier molecular flexibility index (Phi) is 10.6. The molecule has 0 N–H and O–H groups in total. The molecule has 0 spiro atoms. The van der Waals surface area contributed by atoms with Gasteiger partial charge >= 0.3 is 0 Å². The molecule has 4 rings (SSSR count). The van der Waals surface area contributed by atoms with Crippen LogP contribution in [0.3, 0.4) is 0 Å². The molecule has 1 aliphatic rings. The minimum Gasteiger partial charge on any atom is -0.497 e. The topological polar surface area (TPSA) is 42.0 Å². The van der Waals surface area contributed by atoms with E-state index in [1.54, 1.807) is 7.11 Å². The van der Waals surface area contributed by atoms with Crippen LogP contribution in [0.15, 0.2) is 72.8 Å². The van der Waals surface area contributed by atoms with Crippen molar-refractivity contribution in [2.75, 3.05) is 31.7 Å². The molecular weight excluding hydrogens is 472 g/mol. The highest BCUT2D eigenvalue weighted by molar-refractivity contribution is 5.95. The van der Waals surface area contributed by atoms with E-state index in [4.69, 9.17) is 9.47 Å². The zero-order valence-electron chi connectivity index (χ0n) is 23.0. The summed E-state index contributed by atoms with van der Waals surface area (Å²) in [6, 6.07) is 24.8. The molecule has 0 saturated carbocycles. The van der Waals surface area contributed by atoms with Crippen LogP contribution in [0.4, 0.5) is 5.69 Å². The average molecular weight is 515 g/mol. The first-order valence-corrected chi connectivity index (χ1v) is 14.1. The van der Waals surface area contributed by atoms with Gasteiger partial charge in [-0.05, 0) is 73.3 Å². The molecule has 1 aliphatic heterocycles. The second-order valence-electron chi connectivity index (χ2n) is 10.1. The molecule has 38 heavy (non-hydrogen) atoms. The van der Waals surface area contributed by atoms with Gasteiger partial charge in [0.05, 0.1) is 20.1 Å². The third-order valence-electron chi connectivity index (χ3n) is 7.21. The lowest BCUT2D eigenvalue weighted by atomic mass is 10.1. The third kappa shape index (κ3) is 8.09. The van der Waals surface area contributed by atoms with Crippen LogP contribution >= 0.6 is 0 Å². The van der Waals surface area contributed by atoms with Crippen molar-refractivity contribution in [1.82, 2.24) is 4.90 Å². The monoisotopic (exact) mass is 514 g/mol. The summed E-state index contributed by atoms with van der Waals surface area (Å²) in [7, 11) is 1.66. The van der Waals surface area contributed by atoms with E-state index in [2.05, 4.69) is 53.4 Å². The van der Waals surface area contributed by atoms with E-state index in [0.717, 1.165) is 61.8 Å². The average Bonchev–Trinajstić information content (AvgIpc) is 2.95. The van der Waals surface area contributed by atoms with E-state index in [1.807, 2.05) is 36.1 Å². The van der Waals surface area contributed by atoms with E-state index >= 15 is 0 Å². The number of para-hydroxylation sites is 1. The first kappa shape index (κ1) is 27.7. The fourth-order valence-electron chi connectivity index (χ4n) is 5.22. The Morgan fingerprint density at radius 3 is 2.29 bits per heavy atom. The van der Waals surface area contributed by atoms with Crippen molar-refractivity contribution in [3.63, 3.8) is 0 Å². The van der Waals surface area contributed by atoms with Crippen LogP contribution in [0.1, 0.15) is 62.1 Å². The standard InChI is InChI=1S/C33H42N2O3/c1-3-38-30-19-17-27(18-20-30)25-34-21-10-6-4-5-7-11-22-35(32-16-9-8-14-29(32)26-34)33(36)24-28-13-12-15-31(23-28)37-2/h8-9,12-20,23H,3-7,10-11,21-22,24-26H2,1-2H3. The lowest BCUT2D eigenvalue weighted by Gasteiger charge is -2.28. The highest BCUT2D eigenvalue weighted by atomic mass is 16.5. The van der Waals surface area contributed by atoms with E-state index in [1.165, 1.54) is 36.8 Å². The summed E-state index contributed by atoms with van der Waals surface area (Å²) >= 11 is 0. The van der Waals surface area contributed by atoms with E-state index < -0.39 is 0 Å². The molecule has 1 heterocycles. The molecule has 0 unspecified atom stereocenters. The molecular formula is C33H42N2O3. The fourth-order valence-corrected chi connectivity index (χ4v) is 5.22. The van der Waals surface area contributed by atoms with Crippen molar-refractivity contribution in [2.45, 2.75) is 65.0 Å². The lowest BCUT2D eigenvalue weighted by molar-refractivity contribution is -0.118. The Hall–Kier alpha value is -3.31. The predicted octanol–water partition coefficient (Wildman–Crippen LogP) is 7.03. The SMILES string of the molecule is CCOc1ccc(CN2CCCCCCCCN(C(=O)Cc3cccc(OC)c3)c3ccccc3C2)cc1. The van der Waals surface area contributed by atoms with Crippen LogP contribution in [-0.4, -0.2) is 37.6 Å². The van der Waals surface area contributed by atoms with Gasteiger partial charge in [-0.3, -0.25) is 9.69 Å². The largest absolute Gasteiger partial charge is 0.497 e. The Bertz CT molecular complexity index is 1140. The Labute approximate surface area is 228 Å². The van der Waals surface area contributed by atoms with Crippen LogP contribution in [-0.2, 0) is 24.3 Å². The second kappa shape index (κ2) is 14.6. The number of ether oxygens (including phenoxy) is 2. The summed E-state index contributed by atoms with van der Waals surface area (Å²) in [5, 5.41) is 0. The minimum absolute atomic E-state index is 0.138. The van der Waals surface area contributed by atoms with E-state index in [-0.39, 0.29) is 5.91 Å². The number of fused-ring (bicyclic) bond motifs is 1. The van der Waals surface area contributed by atoms with Gasteiger partial charge in [0.1, 0.15) is 11.5 Å². The van der Waals surface area contributed by atoms with Gasteiger partial charge in [0.25, 0.3) is 0 Å².